The van der Waals surface area contributed by atoms with Crippen molar-refractivity contribution in [3.05, 3.63) is 12.4 Å². The van der Waals surface area contributed by atoms with E-state index in [1.54, 1.807) is 0 Å². The Bertz CT molecular complexity index is 556. The van der Waals surface area contributed by atoms with Crippen molar-refractivity contribution < 1.29 is 13.2 Å². The van der Waals surface area contributed by atoms with E-state index in [4.69, 9.17) is 10.5 Å². The largest absolute Gasteiger partial charge is 0.370 e. The number of nitrogens with two attached hydrogens (primary N) is 1. The molecular weight excluding hydrogens is 268 g/mol. The maximum absolute atomic E-state index is 12.5. The predicted octanol–water partition coefficient (Wildman–Crippen LogP) is 0.247. The van der Waals surface area contributed by atoms with Crippen LogP contribution < -0.4 is 5.73 Å². The van der Waals surface area contributed by atoms with Gasteiger partial charge in [-0.15, -0.1) is 0 Å². The van der Waals surface area contributed by atoms with Crippen molar-refractivity contribution in [1.82, 2.24) is 14.3 Å². The maximum Gasteiger partial charge on any atom is 0.246 e. The van der Waals surface area contributed by atoms with Crippen LogP contribution in [-0.2, 0) is 14.8 Å². The van der Waals surface area contributed by atoms with Crippen LogP contribution in [0.1, 0.15) is 20.8 Å². The van der Waals surface area contributed by atoms with Gasteiger partial charge in [0.1, 0.15) is 4.90 Å². The molecule has 2 rings (SSSR count). The average molecular weight is 286 g/mol. The molecule has 106 valence electrons. The number of hydrogen-bond acceptors (Lipinski definition) is 6. The van der Waals surface area contributed by atoms with E-state index in [2.05, 4.69) is 9.97 Å². The summed E-state index contributed by atoms with van der Waals surface area (Å²) in [5, 5.41) is 0. The van der Waals surface area contributed by atoms with Crippen LogP contribution in [0, 0.1) is 0 Å². The van der Waals surface area contributed by atoms with E-state index in [1.807, 2.05) is 20.8 Å². The molecule has 1 aromatic rings. The third kappa shape index (κ3) is 3.02. The lowest BCUT2D eigenvalue weighted by atomic mass is 10.1. The number of anilines is 1. The van der Waals surface area contributed by atoms with Gasteiger partial charge < -0.3 is 10.5 Å². The molecule has 0 aromatic carbocycles. The van der Waals surface area contributed by atoms with Gasteiger partial charge in [0.05, 0.1) is 24.1 Å². The van der Waals surface area contributed by atoms with Gasteiger partial charge in [-0.2, -0.15) is 4.31 Å². The monoisotopic (exact) mass is 286 g/mol. The number of hydrogen-bond donors (Lipinski definition) is 1. The van der Waals surface area contributed by atoms with Crippen molar-refractivity contribution in [1.29, 1.82) is 0 Å². The minimum atomic E-state index is -3.61. The number of rotatable bonds is 2. The Morgan fingerprint density at radius 2 is 2.00 bits per heavy atom. The standard InChI is InChI=1S/C11H18N4O3S/c1-8-6-15(7-11(2,3)18-8)19(16,17)9-4-13-10(12)14-5-9/h4-5,8H,6-7H2,1-3H3,(H2,12,13,14). The Labute approximate surface area is 112 Å². The summed E-state index contributed by atoms with van der Waals surface area (Å²) in [5.74, 6) is 0.0506. The fraction of sp³-hybridized carbons (Fsp3) is 0.636. The van der Waals surface area contributed by atoms with Crippen molar-refractivity contribution in [3.8, 4) is 0 Å². The first kappa shape index (κ1) is 14.2. The lowest BCUT2D eigenvalue weighted by Crippen LogP contribution is -2.53. The summed E-state index contributed by atoms with van der Waals surface area (Å²) in [7, 11) is -3.61. The second-order valence-electron chi connectivity index (χ2n) is 5.26. The number of aromatic nitrogens is 2. The molecule has 8 heteroatoms. The molecule has 1 aliphatic heterocycles. The van der Waals surface area contributed by atoms with Crippen LogP contribution in [0.2, 0.25) is 0 Å². The van der Waals surface area contributed by atoms with Crippen LogP contribution >= 0.6 is 0 Å². The number of ether oxygens (including phenoxy) is 1. The van der Waals surface area contributed by atoms with Crippen LogP contribution in [0.25, 0.3) is 0 Å². The summed E-state index contributed by atoms with van der Waals surface area (Å²) in [6, 6.07) is 0. The number of sulfonamides is 1. The minimum Gasteiger partial charge on any atom is -0.370 e. The molecule has 2 heterocycles. The summed E-state index contributed by atoms with van der Waals surface area (Å²) < 4.78 is 32.1. The van der Waals surface area contributed by atoms with Crippen molar-refractivity contribution in [2.24, 2.45) is 0 Å². The van der Waals surface area contributed by atoms with Crippen molar-refractivity contribution in [2.45, 2.75) is 37.4 Å². The molecule has 1 saturated heterocycles. The van der Waals surface area contributed by atoms with E-state index in [9.17, 15) is 8.42 Å². The van der Waals surface area contributed by atoms with Gasteiger partial charge in [-0.3, -0.25) is 0 Å². The highest BCUT2D eigenvalue weighted by Crippen LogP contribution is 2.25. The van der Waals surface area contributed by atoms with Crippen LogP contribution in [-0.4, -0.2) is 47.5 Å². The topological polar surface area (TPSA) is 98.4 Å². The lowest BCUT2D eigenvalue weighted by Gasteiger charge is -2.40. The fourth-order valence-electron chi connectivity index (χ4n) is 2.19. The molecule has 1 fully saturated rings. The Kier molecular flexibility index (Phi) is 3.50. The quantitative estimate of drug-likeness (QED) is 0.836. The molecule has 0 spiro atoms. The zero-order valence-corrected chi connectivity index (χ0v) is 12.0. The van der Waals surface area contributed by atoms with Crippen molar-refractivity contribution >= 4 is 16.0 Å². The molecule has 19 heavy (non-hydrogen) atoms. The summed E-state index contributed by atoms with van der Waals surface area (Å²) in [6.07, 6.45) is 2.29. The highest BCUT2D eigenvalue weighted by Gasteiger charge is 2.38. The fourth-order valence-corrected chi connectivity index (χ4v) is 3.74. The van der Waals surface area contributed by atoms with Gasteiger partial charge in [0, 0.05) is 13.1 Å². The number of nitrogens with zero attached hydrogens (tertiary/aromatic N) is 3. The van der Waals surface area contributed by atoms with E-state index >= 15 is 0 Å². The molecule has 0 saturated carbocycles. The predicted molar refractivity (Wildman–Crippen MR) is 69.8 cm³/mol. The van der Waals surface area contributed by atoms with Gasteiger partial charge in [0.15, 0.2) is 0 Å². The average Bonchev–Trinajstić information content (AvgIpc) is 2.26. The Morgan fingerprint density at radius 3 is 2.53 bits per heavy atom. The molecule has 0 bridgehead atoms. The molecule has 7 nitrogen and oxygen atoms in total. The highest BCUT2D eigenvalue weighted by molar-refractivity contribution is 7.89. The third-order valence-electron chi connectivity index (χ3n) is 2.82. The maximum atomic E-state index is 12.5. The Morgan fingerprint density at radius 1 is 1.42 bits per heavy atom. The molecule has 2 N–H and O–H groups in total. The number of nitrogen functional groups attached to an aromatic ring is 1. The lowest BCUT2D eigenvalue weighted by molar-refractivity contribution is -0.109. The van der Waals surface area contributed by atoms with Crippen LogP contribution in [0.3, 0.4) is 0 Å². The van der Waals surface area contributed by atoms with Gasteiger partial charge in [-0.05, 0) is 20.8 Å². The first-order valence-electron chi connectivity index (χ1n) is 5.96. The Balaban J connectivity index is 2.31. The van der Waals surface area contributed by atoms with E-state index < -0.39 is 15.6 Å². The first-order chi connectivity index (χ1) is 8.71. The smallest absolute Gasteiger partial charge is 0.246 e. The van der Waals surface area contributed by atoms with Gasteiger partial charge in [0.2, 0.25) is 16.0 Å². The molecule has 0 radical (unpaired) electrons. The van der Waals surface area contributed by atoms with Crippen molar-refractivity contribution in [3.63, 3.8) is 0 Å². The molecule has 1 atom stereocenters. The molecule has 1 unspecified atom stereocenters. The second-order valence-corrected chi connectivity index (χ2v) is 7.20. The number of morpholine rings is 1. The molecule has 0 aliphatic carbocycles. The van der Waals surface area contributed by atoms with Gasteiger partial charge in [0.25, 0.3) is 0 Å². The summed E-state index contributed by atoms with van der Waals surface area (Å²) in [4.78, 5) is 7.50. The summed E-state index contributed by atoms with van der Waals surface area (Å²) in [5.41, 5.74) is 4.85. The molecule has 0 amide bonds. The van der Waals surface area contributed by atoms with E-state index in [-0.39, 0.29) is 16.9 Å². The molecular formula is C11H18N4O3S. The zero-order valence-electron chi connectivity index (χ0n) is 11.2. The summed E-state index contributed by atoms with van der Waals surface area (Å²) in [6.45, 7) is 6.19. The normalized spacial score (nSPS) is 24.3. The van der Waals surface area contributed by atoms with Gasteiger partial charge in [-0.25, -0.2) is 18.4 Å². The van der Waals surface area contributed by atoms with E-state index in [0.717, 1.165) is 0 Å². The minimum absolute atomic E-state index is 0.0478. The highest BCUT2D eigenvalue weighted by atomic mass is 32.2. The second kappa shape index (κ2) is 4.69. The van der Waals surface area contributed by atoms with E-state index in [0.29, 0.717) is 13.1 Å². The van der Waals surface area contributed by atoms with E-state index in [1.165, 1.54) is 16.7 Å². The third-order valence-corrected chi connectivity index (χ3v) is 4.59. The zero-order chi connectivity index (χ0) is 14.3. The summed E-state index contributed by atoms with van der Waals surface area (Å²) >= 11 is 0. The Hall–Kier alpha value is -1.25. The van der Waals surface area contributed by atoms with Crippen LogP contribution in [0.5, 0.6) is 0 Å². The first-order valence-corrected chi connectivity index (χ1v) is 7.40. The van der Waals surface area contributed by atoms with Gasteiger partial charge in [-0.1, -0.05) is 0 Å². The van der Waals surface area contributed by atoms with Crippen molar-refractivity contribution in [2.75, 3.05) is 18.8 Å². The molecule has 1 aromatic heterocycles. The molecule has 1 aliphatic rings. The van der Waals surface area contributed by atoms with Crippen LogP contribution in [0.4, 0.5) is 5.95 Å². The van der Waals surface area contributed by atoms with Gasteiger partial charge >= 0.3 is 0 Å². The SMILES string of the molecule is CC1CN(S(=O)(=O)c2cnc(N)nc2)CC(C)(C)O1. The van der Waals surface area contributed by atoms with Crippen LogP contribution in [0.15, 0.2) is 17.3 Å².